The van der Waals surface area contributed by atoms with Crippen LogP contribution in [-0.2, 0) is 4.79 Å². The number of fused-ring (bicyclic) bond motifs is 1. The summed E-state index contributed by atoms with van der Waals surface area (Å²) in [5.74, 6) is 0.514. The van der Waals surface area contributed by atoms with Gasteiger partial charge in [0.1, 0.15) is 5.78 Å². The number of Topliss-reactive ketones (excluding diaryl/α,β-unsaturated/α-hetero) is 2. The summed E-state index contributed by atoms with van der Waals surface area (Å²) < 4.78 is 0. The fourth-order valence-corrected chi connectivity index (χ4v) is 2.78. The molecule has 2 heteroatoms. The first kappa shape index (κ1) is 12.1. The molecule has 1 aliphatic rings. The molecule has 0 aromatic heterocycles. The van der Waals surface area contributed by atoms with Crippen LogP contribution >= 0.6 is 0 Å². The standard InChI is InChI=1S/C17H16O2/c18-16-9-7-13(8-10-16)17(19)15-6-5-12-3-1-2-4-14(12)11-15/h1-6,11,13H,7-10H2. The van der Waals surface area contributed by atoms with Crippen LogP contribution in [-0.4, -0.2) is 11.6 Å². The van der Waals surface area contributed by atoms with Crippen molar-refractivity contribution in [3.63, 3.8) is 0 Å². The van der Waals surface area contributed by atoms with Crippen LogP contribution < -0.4 is 0 Å². The summed E-state index contributed by atoms with van der Waals surface area (Å²) in [5.41, 5.74) is 0.776. The molecule has 2 nitrogen and oxygen atoms in total. The minimum Gasteiger partial charge on any atom is -0.300 e. The molecule has 0 atom stereocenters. The predicted molar refractivity (Wildman–Crippen MR) is 75.2 cm³/mol. The SMILES string of the molecule is O=C1CCC(C(=O)c2ccc3ccccc3c2)CC1. The lowest BCUT2D eigenvalue weighted by molar-refractivity contribution is -0.120. The van der Waals surface area contributed by atoms with E-state index >= 15 is 0 Å². The van der Waals surface area contributed by atoms with E-state index in [1.54, 1.807) is 0 Å². The molecule has 0 N–H and O–H groups in total. The number of carbonyl (C=O) groups is 2. The highest BCUT2D eigenvalue weighted by Crippen LogP contribution is 2.26. The second-order valence-electron chi connectivity index (χ2n) is 5.24. The molecular formula is C17H16O2. The van der Waals surface area contributed by atoms with Gasteiger partial charge in [-0.3, -0.25) is 9.59 Å². The Bertz CT molecular complexity index is 633. The largest absolute Gasteiger partial charge is 0.300 e. The van der Waals surface area contributed by atoms with Gasteiger partial charge in [0.2, 0.25) is 0 Å². The van der Waals surface area contributed by atoms with Gasteiger partial charge in [0.25, 0.3) is 0 Å². The minimum atomic E-state index is 0.0267. The summed E-state index contributed by atoms with van der Waals surface area (Å²) in [6, 6.07) is 13.9. The first-order valence-electron chi connectivity index (χ1n) is 6.79. The van der Waals surface area contributed by atoms with Gasteiger partial charge in [-0.2, -0.15) is 0 Å². The van der Waals surface area contributed by atoms with Gasteiger partial charge in [0.05, 0.1) is 0 Å². The van der Waals surface area contributed by atoms with Gasteiger partial charge in [0.15, 0.2) is 5.78 Å². The van der Waals surface area contributed by atoms with E-state index in [0.717, 1.165) is 16.3 Å². The van der Waals surface area contributed by atoms with Gasteiger partial charge in [0, 0.05) is 24.3 Å². The van der Waals surface area contributed by atoms with E-state index in [1.807, 2.05) is 42.5 Å². The average Bonchev–Trinajstić information content (AvgIpc) is 2.47. The van der Waals surface area contributed by atoms with Crippen LogP contribution in [0.1, 0.15) is 36.0 Å². The maximum atomic E-state index is 12.4. The van der Waals surface area contributed by atoms with E-state index in [9.17, 15) is 9.59 Å². The van der Waals surface area contributed by atoms with Crippen molar-refractivity contribution in [2.75, 3.05) is 0 Å². The summed E-state index contributed by atoms with van der Waals surface area (Å²) in [4.78, 5) is 23.7. The Hall–Kier alpha value is -1.96. The Kier molecular flexibility index (Phi) is 3.16. The predicted octanol–water partition coefficient (Wildman–Crippen LogP) is 3.78. The number of ketones is 2. The summed E-state index contributed by atoms with van der Waals surface area (Å²) in [6.45, 7) is 0. The fraction of sp³-hybridized carbons (Fsp3) is 0.294. The highest BCUT2D eigenvalue weighted by atomic mass is 16.1. The Morgan fingerprint density at radius 3 is 2.37 bits per heavy atom. The summed E-state index contributed by atoms with van der Waals surface area (Å²) in [7, 11) is 0. The molecule has 1 fully saturated rings. The van der Waals surface area contributed by atoms with Gasteiger partial charge in [-0.15, -0.1) is 0 Å². The first-order valence-corrected chi connectivity index (χ1v) is 6.79. The molecule has 0 radical (unpaired) electrons. The van der Waals surface area contributed by atoms with Gasteiger partial charge >= 0.3 is 0 Å². The molecule has 1 aliphatic carbocycles. The van der Waals surface area contributed by atoms with Crippen LogP contribution in [0.2, 0.25) is 0 Å². The normalized spacial score (nSPS) is 16.7. The zero-order valence-electron chi connectivity index (χ0n) is 10.8. The van der Waals surface area contributed by atoms with Crippen molar-refractivity contribution >= 4 is 22.3 Å². The second kappa shape index (κ2) is 4.96. The second-order valence-corrected chi connectivity index (χ2v) is 5.24. The third-order valence-electron chi connectivity index (χ3n) is 3.95. The molecule has 3 rings (SSSR count). The van der Waals surface area contributed by atoms with Crippen LogP contribution in [0, 0.1) is 5.92 Å². The van der Waals surface area contributed by atoms with E-state index in [-0.39, 0.29) is 11.7 Å². The summed E-state index contributed by atoms with van der Waals surface area (Å²) >= 11 is 0. The molecular weight excluding hydrogens is 236 g/mol. The fourth-order valence-electron chi connectivity index (χ4n) is 2.78. The molecule has 0 unspecified atom stereocenters. The Balaban J connectivity index is 1.87. The molecule has 0 amide bonds. The molecule has 2 aromatic rings. The van der Waals surface area contributed by atoms with Crippen molar-refractivity contribution in [2.45, 2.75) is 25.7 Å². The smallest absolute Gasteiger partial charge is 0.165 e. The van der Waals surface area contributed by atoms with E-state index in [2.05, 4.69) is 0 Å². The number of benzene rings is 2. The summed E-state index contributed by atoms with van der Waals surface area (Å²) in [5, 5.41) is 2.25. The quantitative estimate of drug-likeness (QED) is 0.762. The van der Waals surface area contributed by atoms with Gasteiger partial charge < -0.3 is 0 Å². The highest BCUT2D eigenvalue weighted by molar-refractivity contribution is 6.02. The molecule has 0 bridgehead atoms. The van der Waals surface area contributed by atoms with Crippen molar-refractivity contribution < 1.29 is 9.59 Å². The molecule has 19 heavy (non-hydrogen) atoms. The minimum absolute atomic E-state index is 0.0267. The first-order chi connectivity index (χ1) is 9.24. The monoisotopic (exact) mass is 252 g/mol. The maximum absolute atomic E-state index is 12.4. The maximum Gasteiger partial charge on any atom is 0.165 e. The molecule has 1 saturated carbocycles. The Labute approximate surface area is 112 Å². The average molecular weight is 252 g/mol. The van der Waals surface area contributed by atoms with E-state index < -0.39 is 0 Å². The van der Waals surface area contributed by atoms with Gasteiger partial charge in [-0.1, -0.05) is 36.4 Å². The lowest BCUT2D eigenvalue weighted by atomic mass is 9.83. The Morgan fingerprint density at radius 2 is 1.63 bits per heavy atom. The number of hydrogen-bond acceptors (Lipinski definition) is 2. The van der Waals surface area contributed by atoms with Crippen molar-refractivity contribution in [1.82, 2.24) is 0 Å². The van der Waals surface area contributed by atoms with Gasteiger partial charge in [-0.25, -0.2) is 0 Å². The van der Waals surface area contributed by atoms with Crippen LogP contribution in [0.4, 0.5) is 0 Å². The van der Waals surface area contributed by atoms with Gasteiger partial charge in [-0.05, 0) is 29.7 Å². The lowest BCUT2D eigenvalue weighted by Gasteiger charge is -2.19. The molecule has 96 valence electrons. The number of hydrogen-bond donors (Lipinski definition) is 0. The van der Waals surface area contributed by atoms with E-state index in [4.69, 9.17) is 0 Å². The van der Waals surface area contributed by atoms with Crippen molar-refractivity contribution in [3.05, 3.63) is 48.0 Å². The molecule has 0 aliphatic heterocycles. The van der Waals surface area contributed by atoms with Crippen LogP contribution in [0.15, 0.2) is 42.5 Å². The Morgan fingerprint density at radius 1 is 0.947 bits per heavy atom. The highest BCUT2D eigenvalue weighted by Gasteiger charge is 2.25. The molecule has 0 heterocycles. The molecule has 0 spiro atoms. The number of rotatable bonds is 2. The zero-order chi connectivity index (χ0) is 13.2. The summed E-state index contributed by atoms with van der Waals surface area (Å²) in [6.07, 6.45) is 2.54. The van der Waals surface area contributed by atoms with Crippen molar-refractivity contribution in [3.8, 4) is 0 Å². The van der Waals surface area contributed by atoms with Crippen LogP contribution in [0.25, 0.3) is 10.8 Å². The van der Waals surface area contributed by atoms with Crippen molar-refractivity contribution in [2.24, 2.45) is 5.92 Å². The topological polar surface area (TPSA) is 34.1 Å². The zero-order valence-corrected chi connectivity index (χ0v) is 10.8. The van der Waals surface area contributed by atoms with E-state index in [0.29, 0.717) is 31.5 Å². The third-order valence-corrected chi connectivity index (χ3v) is 3.95. The van der Waals surface area contributed by atoms with Crippen molar-refractivity contribution in [1.29, 1.82) is 0 Å². The van der Waals surface area contributed by atoms with Crippen LogP contribution in [0.5, 0.6) is 0 Å². The lowest BCUT2D eigenvalue weighted by Crippen LogP contribution is -2.21. The van der Waals surface area contributed by atoms with E-state index in [1.165, 1.54) is 0 Å². The number of carbonyl (C=O) groups excluding carboxylic acids is 2. The third kappa shape index (κ3) is 2.43. The van der Waals surface area contributed by atoms with Crippen LogP contribution in [0.3, 0.4) is 0 Å². The molecule has 2 aromatic carbocycles. The molecule has 0 saturated heterocycles.